The highest BCUT2D eigenvalue weighted by Crippen LogP contribution is 2.45. The lowest BCUT2D eigenvalue weighted by Crippen LogP contribution is -2.59. The van der Waals surface area contributed by atoms with Gasteiger partial charge in [0.2, 0.25) is 0 Å². The Hall–Kier alpha value is -1.96. The molecule has 1 amide bonds. The smallest absolute Gasteiger partial charge is 0.293 e. The highest BCUT2D eigenvalue weighted by Gasteiger charge is 2.47. The Labute approximate surface area is 184 Å². The van der Waals surface area contributed by atoms with Gasteiger partial charge in [0, 0.05) is 24.2 Å². The van der Waals surface area contributed by atoms with E-state index in [1.807, 2.05) is 29.2 Å². The minimum atomic E-state index is -1.15. The number of hydrogen-bond acceptors (Lipinski definition) is 6. The van der Waals surface area contributed by atoms with Crippen molar-refractivity contribution >= 4 is 23.0 Å². The van der Waals surface area contributed by atoms with E-state index in [4.69, 9.17) is 5.21 Å². The number of amides is 1. The van der Waals surface area contributed by atoms with Gasteiger partial charge in [0.1, 0.15) is 0 Å². The molecule has 7 nitrogen and oxygen atoms in total. The maximum absolute atomic E-state index is 12.2. The average molecular weight is 427 g/mol. The lowest BCUT2D eigenvalue weighted by atomic mass is 9.88. The summed E-state index contributed by atoms with van der Waals surface area (Å²) >= 11 is 0. The average Bonchev–Trinajstić information content (AvgIpc) is 3.01. The van der Waals surface area contributed by atoms with Crippen molar-refractivity contribution < 1.29 is 15.1 Å². The molecular weight excluding hydrogens is 392 g/mol. The molecule has 1 aliphatic carbocycles. The zero-order valence-electron chi connectivity index (χ0n) is 18.1. The zero-order valence-corrected chi connectivity index (χ0v) is 18.1. The van der Waals surface area contributed by atoms with Gasteiger partial charge in [-0.1, -0.05) is 44.2 Å². The molecule has 2 saturated heterocycles. The van der Waals surface area contributed by atoms with E-state index in [-0.39, 0.29) is 11.8 Å². The number of hydroxylamine groups is 1. The number of piperidine rings is 1. The van der Waals surface area contributed by atoms with Gasteiger partial charge in [0.15, 0.2) is 11.9 Å². The van der Waals surface area contributed by atoms with Gasteiger partial charge in [0.05, 0.1) is 11.4 Å². The van der Waals surface area contributed by atoms with Gasteiger partial charge in [0.25, 0.3) is 5.91 Å². The number of aliphatic hydroxyl groups is 1. The fraction of sp³-hybridized carbons (Fsp3) is 0.667. The number of nitrogens with one attached hydrogen (secondary N) is 1. The highest BCUT2D eigenvalue weighted by atomic mass is 16.5. The molecule has 7 heteroatoms. The van der Waals surface area contributed by atoms with Gasteiger partial charge in [-0.05, 0) is 50.7 Å². The van der Waals surface area contributed by atoms with Crippen molar-refractivity contribution in [2.75, 3.05) is 4.90 Å². The molecule has 1 aromatic rings. The second kappa shape index (κ2) is 8.88. The number of aliphatic hydroxyl groups excluding tert-OH is 1. The molecule has 0 radical (unpaired) electrons. The maximum Gasteiger partial charge on any atom is 0.293 e. The van der Waals surface area contributed by atoms with Crippen LogP contribution in [0.3, 0.4) is 0 Å². The summed E-state index contributed by atoms with van der Waals surface area (Å²) in [6.45, 7) is 0. The molecule has 5 rings (SSSR count). The van der Waals surface area contributed by atoms with Crippen LogP contribution < -0.4 is 10.4 Å². The Morgan fingerprint density at radius 1 is 0.903 bits per heavy atom. The topological polar surface area (TPSA) is 88.4 Å². The third-order valence-electron chi connectivity index (χ3n) is 7.90. The van der Waals surface area contributed by atoms with Crippen molar-refractivity contribution in [1.82, 2.24) is 10.4 Å². The summed E-state index contributed by atoms with van der Waals surface area (Å²) in [6.07, 6.45) is 12.7. The van der Waals surface area contributed by atoms with Crippen LogP contribution in [0.2, 0.25) is 0 Å². The van der Waals surface area contributed by atoms with E-state index >= 15 is 0 Å². The lowest BCUT2D eigenvalue weighted by Gasteiger charge is -2.49. The molecule has 31 heavy (non-hydrogen) atoms. The first-order chi connectivity index (χ1) is 15.2. The van der Waals surface area contributed by atoms with Gasteiger partial charge in [-0.15, -0.1) is 0 Å². The molecule has 4 atom stereocenters. The van der Waals surface area contributed by atoms with Crippen LogP contribution >= 0.6 is 0 Å². The predicted octanol–water partition coefficient (Wildman–Crippen LogP) is 3.51. The molecular formula is C24H34N4O3. The second-order valence-corrected chi connectivity index (χ2v) is 9.66. The zero-order chi connectivity index (χ0) is 21.4. The van der Waals surface area contributed by atoms with Gasteiger partial charge in [-0.2, -0.15) is 0 Å². The highest BCUT2D eigenvalue weighted by molar-refractivity contribution is 6.41. The third-order valence-corrected chi connectivity index (χ3v) is 7.90. The largest absolute Gasteiger partial charge is 0.368 e. The molecule has 3 N–H and O–H groups in total. The Bertz CT molecular complexity index is 822. The van der Waals surface area contributed by atoms with Crippen molar-refractivity contribution in [1.29, 1.82) is 0 Å². The standard InChI is InChI=1S/C24H34N4O3/c29-23(26-31)22-24(30)28(21-11-7-6-10-20(21)25-22)19-14-17-12-13-18(15-19)27(17)16-8-4-2-1-3-5-9-16/h6-7,10-11,16-19,24,30-31H,1-5,8-9,12-15H2,(H,26,29)/t17-,18?,19?,24?/m0/s1. The third kappa shape index (κ3) is 3.88. The maximum atomic E-state index is 12.2. The fourth-order valence-corrected chi connectivity index (χ4v) is 6.59. The second-order valence-electron chi connectivity index (χ2n) is 9.66. The number of rotatable bonds is 3. The molecule has 3 unspecified atom stereocenters. The molecule has 0 spiro atoms. The number of hydrogen-bond donors (Lipinski definition) is 3. The molecule has 3 aliphatic heterocycles. The quantitative estimate of drug-likeness (QED) is 0.508. The minimum absolute atomic E-state index is 0.0454. The first-order valence-corrected chi connectivity index (χ1v) is 12.0. The molecule has 3 heterocycles. The number of benzene rings is 1. The Kier molecular flexibility index (Phi) is 5.99. The van der Waals surface area contributed by atoms with Gasteiger partial charge in [-0.25, -0.2) is 10.5 Å². The monoisotopic (exact) mass is 426 g/mol. The summed E-state index contributed by atoms with van der Waals surface area (Å²) in [5.74, 6) is -0.748. The summed E-state index contributed by atoms with van der Waals surface area (Å²) in [5, 5.41) is 20.3. The molecule has 4 aliphatic rings. The van der Waals surface area contributed by atoms with E-state index in [1.54, 1.807) is 5.48 Å². The summed E-state index contributed by atoms with van der Waals surface area (Å²) in [6, 6.07) is 9.60. The van der Waals surface area contributed by atoms with Crippen LogP contribution in [0.4, 0.5) is 11.4 Å². The number of anilines is 1. The molecule has 168 valence electrons. The summed E-state index contributed by atoms with van der Waals surface area (Å²) in [5.41, 5.74) is 3.14. The number of nitrogens with zero attached hydrogens (tertiary/aromatic N) is 3. The van der Waals surface area contributed by atoms with Crippen molar-refractivity contribution in [3.8, 4) is 0 Å². The van der Waals surface area contributed by atoms with Crippen molar-refractivity contribution in [2.45, 2.75) is 101 Å². The molecule has 3 fully saturated rings. The van der Waals surface area contributed by atoms with E-state index in [1.165, 1.54) is 57.8 Å². The lowest BCUT2D eigenvalue weighted by molar-refractivity contribution is -0.122. The van der Waals surface area contributed by atoms with Gasteiger partial charge >= 0.3 is 0 Å². The SMILES string of the molecule is O=C(NO)C1=Nc2ccccc2N(C2CC3CC[C@@H](C2)N3C2CCCCCCC2)C1O. The normalized spacial score (nSPS) is 32.1. The Morgan fingerprint density at radius 2 is 1.55 bits per heavy atom. The van der Waals surface area contributed by atoms with Crippen molar-refractivity contribution in [3.63, 3.8) is 0 Å². The van der Waals surface area contributed by atoms with Crippen LogP contribution in [0.15, 0.2) is 29.3 Å². The number of carbonyl (C=O) groups excluding carboxylic acids is 1. The fourth-order valence-electron chi connectivity index (χ4n) is 6.59. The van der Waals surface area contributed by atoms with E-state index in [0.717, 1.165) is 18.5 Å². The summed E-state index contributed by atoms with van der Waals surface area (Å²) < 4.78 is 0. The Balaban J connectivity index is 1.39. The Morgan fingerprint density at radius 3 is 2.23 bits per heavy atom. The first-order valence-electron chi connectivity index (χ1n) is 12.0. The van der Waals surface area contributed by atoms with Crippen molar-refractivity contribution in [2.24, 2.45) is 4.99 Å². The van der Waals surface area contributed by atoms with Crippen LogP contribution in [0.5, 0.6) is 0 Å². The number of para-hydroxylation sites is 2. The van der Waals surface area contributed by atoms with E-state index in [9.17, 15) is 9.90 Å². The van der Waals surface area contributed by atoms with E-state index < -0.39 is 12.1 Å². The minimum Gasteiger partial charge on any atom is -0.368 e. The number of fused-ring (bicyclic) bond motifs is 3. The van der Waals surface area contributed by atoms with E-state index in [0.29, 0.717) is 23.8 Å². The van der Waals surface area contributed by atoms with Crippen LogP contribution in [-0.4, -0.2) is 57.2 Å². The predicted molar refractivity (Wildman–Crippen MR) is 120 cm³/mol. The van der Waals surface area contributed by atoms with Crippen molar-refractivity contribution in [3.05, 3.63) is 24.3 Å². The first kappa shape index (κ1) is 20.9. The van der Waals surface area contributed by atoms with Crippen LogP contribution in [0.25, 0.3) is 0 Å². The number of aliphatic imine (C=N–C) groups is 1. The number of carbonyl (C=O) groups is 1. The van der Waals surface area contributed by atoms with Crippen LogP contribution in [0, 0.1) is 0 Å². The molecule has 2 bridgehead atoms. The van der Waals surface area contributed by atoms with E-state index in [2.05, 4.69) is 9.89 Å². The molecule has 0 aromatic heterocycles. The van der Waals surface area contributed by atoms with Crippen LogP contribution in [-0.2, 0) is 4.79 Å². The summed E-state index contributed by atoms with van der Waals surface area (Å²) in [7, 11) is 0. The molecule has 1 aromatic carbocycles. The van der Waals surface area contributed by atoms with Gasteiger partial charge in [-0.3, -0.25) is 14.9 Å². The van der Waals surface area contributed by atoms with Crippen LogP contribution in [0.1, 0.15) is 70.6 Å². The molecule has 1 saturated carbocycles. The summed E-state index contributed by atoms with van der Waals surface area (Å²) in [4.78, 5) is 21.3. The van der Waals surface area contributed by atoms with Gasteiger partial charge < -0.3 is 10.0 Å².